The van der Waals surface area contributed by atoms with E-state index >= 15 is 0 Å². The lowest BCUT2D eigenvalue weighted by molar-refractivity contribution is -0.137. The summed E-state index contributed by atoms with van der Waals surface area (Å²) in [4.78, 5) is 11.8. The van der Waals surface area contributed by atoms with E-state index in [1.807, 2.05) is 6.92 Å². The first kappa shape index (κ1) is 19.5. The first-order valence-corrected chi connectivity index (χ1v) is 9.46. The van der Waals surface area contributed by atoms with E-state index in [-0.39, 0.29) is 11.5 Å². The lowest BCUT2D eigenvalue weighted by Crippen LogP contribution is -2.18. The SMILES string of the molecule is CCOC(=O)C(=CNc1ccc(OC)cc1)S(=O)(=O)c1ccc(C)cc1. The average Bonchev–Trinajstić information content (AvgIpc) is 2.63. The van der Waals surface area contributed by atoms with Gasteiger partial charge in [-0.25, -0.2) is 13.2 Å². The van der Waals surface area contributed by atoms with Crippen molar-refractivity contribution in [1.29, 1.82) is 0 Å². The van der Waals surface area contributed by atoms with Crippen LogP contribution in [0.25, 0.3) is 0 Å². The number of methoxy groups -OCH3 is 1. The first-order chi connectivity index (χ1) is 12.4. The minimum atomic E-state index is -4.02. The van der Waals surface area contributed by atoms with Crippen LogP contribution in [0.1, 0.15) is 12.5 Å². The molecule has 0 atom stereocenters. The highest BCUT2D eigenvalue weighted by Gasteiger charge is 2.28. The van der Waals surface area contributed by atoms with E-state index in [9.17, 15) is 13.2 Å². The zero-order chi connectivity index (χ0) is 19.2. The van der Waals surface area contributed by atoms with Crippen LogP contribution in [0, 0.1) is 6.92 Å². The van der Waals surface area contributed by atoms with Crippen LogP contribution in [0.2, 0.25) is 0 Å². The number of aryl methyl sites for hydroxylation is 1. The summed E-state index contributed by atoms with van der Waals surface area (Å²) in [7, 11) is -2.47. The summed E-state index contributed by atoms with van der Waals surface area (Å²) >= 11 is 0. The van der Waals surface area contributed by atoms with Crippen molar-refractivity contribution >= 4 is 21.5 Å². The molecule has 2 aromatic rings. The molecule has 6 nitrogen and oxygen atoms in total. The summed E-state index contributed by atoms with van der Waals surface area (Å²) in [5.74, 6) is -0.244. The summed E-state index contributed by atoms with van der Waals surface area (Å²) in [6.45, 7) is 3.54. The minimum Gasteiger partial charge on any atom is -0.497 e. The van der Waals surface area contributed by atoms with Crippen LogP contribution in [0.3, 0.4) is 0 Å². The van der Waals surface area contributed by atoms with Crippen molar-refractivity contribution in [1.82, 2.24) is 0 Å². The molecule has 0 unspecified atom stereocenters. The van der Waals surface area contributed by atoms with E-state index in [1.165, 1.54) is 12.1 Å². The minimum absolute atomic E-state index is 0.0268. The standard InChI is InChI=1S/C19H21NO5S/c1-4-25-19(21)18(13-20-15-7-9-16(24-3)10-8-15)26(22,23)17-11-5-14(2)6-12-17/h5-13,20H,4H2,1-3H3. The topological polar surface area (TPSA) is 81.7 Å². The molecule has 0 heterocycles. The maximum Gasteiger partial charge on any atom is 0.351 e. The number of carbonyl (C=O) groups excluding carboxylic acids is 1. The maximum atomic E-state index is 12.9. The third-order valence-electron chi connectivity index (χ3n) is 3.56. The molecule has 0 radical (unpaired) electrons. The van der Waals surface area contributed by atoms with E-state index in [4.69, 9.17) is 9.47 Å². The predicted molar refractivity (Wildman–Crippen MR) is 99.7 cm³/mol. The van der Waals surface area contributed by atoms with Gasteiger partial charge >= 0.3 is 5.97 Å². The number of benzene rings is 2. The van der Waals surface area contributed by atoms with Crippen molar-refractivity contribution in [3.63, 3.8) is 0 Å². The first-order valence-electron chi connectivity index (χ1n) is 7.98. The Hall–Kier alpha value is -2.80. The fraction of sp³-hybridized carbons (Fsp3) is 0.211. The van der Waals surface area contributed by atoms with Gasteiger partial charge < -0.3 is 14.8 Å². The van der Waals surface area contributed by atoms with Gasteiger partial charge in [-0.1, -0.05) is 17.7 Å². The average molecular weight is 375 g/mol. The second-order valence-electron chi connectivity index (χ2n) is 5.42. The number of ether oxygens (including phenoxy) is 2. The van der Waals surface area contributed by atoms with Gasteiger partial charge in [0.25, 0.3) is 0 Å². The van der Waals surface area contributed by atoms with Crippen molar-refractivity contribution in [2.24, 2.45) is 0 Å². The molecular formula is C19H21NO5S. The van der Waals surface area contributed by atoms with Crippen molar-refractivity contribution in [2.45, 2.75) is 18.7 Å². The van der Waals surface area contributed by atoms with Gasteiger partial charge in [-0.3, -0.25) is 0 Å². The Labute approximate surface area is 153 Å². The van der Waals surface area contributed by atoms with Crippen LogP contribution in [-0.4, -0.2) is 28.1 Å². The molecule has 138 valence electrons. The zero-order valence-corrected chi connectivity index (χ0v) is 15.7. The summed E-state index contributed by atoms with van der Waals surface area (Å²) in [5.41, 5.74) is 1.52. The van der Waals surface area contributed by atoms with E-state index in [0.717, 1.165) is 11.8 Å². The Morgan fingerprint density at radius 3 is 2.23 bits per heavy atom. The van der Waals surface area contributed by atoms with Crippen LogP contribution in [0.5, 0.6) is 5.75 Å². The van der Waals surface area contributed by atoms with Crippen LogP contribution in [0.15, 0.2) is 64.5 Å². The van der Waals surface area contributed by atoms with E-state index < -0.39 is 20.7 Å². The molecule has 7 heteroatoms. The molecule has 0 bridgehead atoms. The quantitative estimate of drug-likeness (QED) is 0.591. The van der Waals surface area contributed by atoms with Gasteiger partial charge in [0.15, 0.2) is 4.91 Å². The van der Waals surface area contributed by atoms with Gasteiger partial charge in [-0.15, -0.1) is 0 Å². The van der Waals surface area contributed by atoms with Gasteiger partial charge in [0.2, 0.25) is 9.84 Å². The van der Waals surface area contributed by atoms with Crippen molar-refractivity contribution in [2.75, 3.05) is 19.0 Å². The third kappa shape index (κ3) is 4.64. The molecule has 1 N–H and O–H groups in total. The van der Waals surface area contributed by atoms with Crippen molar-refractivity contribution < 1.29 is 22.7 Å². The summed E-state index contributed by atoms with van der Waals surface area (Å²) in [6, 6.07) is 13.1. The summed E-state index contributed by atoms with van der Waals surface area (Å²) < 4.78 is 35.7. The highest BCUT2D eigenvalue weighted by Crippen LogP contribution is 2.22. The number of sulfone groups is 1. The van der Waals surface area contributed by atoms with Crippen molar-refractivity contribution in [3.05, 3.63) is 65.2 Å². The number of rotatable bonds is 7. The van der Waals surface area contributed by atoms with Crippen LogP contribution in [0.4, 0.5) is 5.69 Å². The molecule has 0 aromatic heterocycles. The Morgan fingerprint density at radius 1 is 1.08 bits per heavy atom. The second-order valence-corrected chi connectivity index (χ2v) is 7.34. The Balaban J connectivity index is 2.38. The second kappa shape index (κ2) is 8.53. The van der Waals surface area contributed by atoms with Gasteiger partial charge in [-0.2, -0.15) is 0 Å². The molecular weight excluding hydrogens is 354 g/mol. The number of hydrogen-bond acceptors (Lipinski definition) is 6. The predicted octanol–water partition coefficient (Wildman–Crippen LogP) is 3.29. The van der Waals surface area contributed by atoms with Crippen LogP contribution < -0.4 is 10.1 Å². The Bertz CT molecular complexity index is 885. The van der Waals surface area contributed by atoms with E-state index in [2.05, 4.69) is 5.32 Å². The van der Waals surface area contributed by atoms with Gasteiger partial charge in [0, 0.05) is 11.9 Å². The summed E-state index contributed by atoms with van der Waals surface area (Å²) in [6.07, 6.45) is 1.15. The summed E-state index contributed by atoms with van der Waals surface area (Å²) in [5, 5.41) is 2.83. The molecule has 0 aliphatic carbocycles. The molecule has 0 fully saturated rings. The number of esters is 1. The molecule has 0 saturated heterocycles. The zero-order valence-electron chi connectivity index (χ0n) is 14.9. The Kier molecular flexibility index (Phi) is 6.41. The highest BCUT2D eigenvalue weighted by atomic mass is 32.2. The fourth-order valence-corrected chi connectivity index (χ4v) is 3.37. The molecule has 2 rings (SSSR count). The van der Waals surface area contributed by atoms with Crippen LogP contribution >= 0.6 is 0 Å². The smallest absolute Gasteiger partial charge is 0.351 e. The Morgan fingerprint density at radius 2 is 1.69 bits per heavy atom. The molecule has 0 amide bonds. The lowest BCUT2D eigenvalue weighted by Gasteiger charge is -2.10. The number of hydrogen-bond donors (Lipinski definition) is 1. The van der Waals surface area contributed by atoms with Crippen molar-refractivity contribution in [3.8, 4) is 5.75 Å². The molecule has 0 saturated carbocycles. The molecule has 26 heavy (non-hydrogen) atoms. The molecule has 0 spiro atoms. The van der Waals surface area contributed by atoms with E-state index in [1.54, 1.807) is 50.4 Å². The highest BCUT2D eigenvalue weighted by molar-refractivity contribution is 7.96. The lowest BCUT2D eigenvalue weighted by atomic mass is 10.2. The van der Waals surface area contributed by atoms with Gasteiger partial charge in [0.1, 0.15) is 5.75 Å². The van der Waals surface area contributed by atoms with Gasteiger partial charge in [0.05, 0.1) is 18.6 Å². The van der Waals surface area contributed by atoms with Gasteiger partial charge in [-0.05, 0) is 50.2 Å². The number of carbonyl (C=O) groups is 1. The number of anilines is 1. The molecule has 0 aliphatic rings. The number of nitrogens with one attached hydrogen (secondary N) is 1. The normalized spacial score (nSPS) is 11.7. The maximum absolute atomic E-state index is 12.9. The largest absolute Gasteiger partial charge is 0.497 e. The molecule has 2 aromatic carbocycles. The third-order valence-corrected chi connectivity index (χ3v) is 5.31. The fourth-order valence-electron chi connectivity index (χ4n) is 2.13. The van der Waals surface area contributed by atoms with E-state index in [0.29, 0.717) is 11.4 Å². The monoisotopic (exact) mass is 375 g/mol. The van der Waals surface area contributed by atoms with Crippen LogP contribution in [-0.2, 0) is 19.4 Å². The molecule has 0 aliphatic heterocycles.